The van der Waals surface area contributed by atoms with Gasteiger partial charge in [0.05, 0.1) is 5.97 Å². The Kier molecular flexibility index (Phi) is 4.23. The third kappa shape index (κ3) is 3.03. The number of rotatable bonds is 4. The van der Waals surface area contributed by atoms with Crippen LogP contribution in [0.3, 0.4) is 0 Å². The number of carboxylic acids is 1. The predicted octanol–water partition coefficient (Wildman–Crippen LogP) is 2.39. The fraction of sp³-hybridized carbons (Fsp3) is 0.0769. The number of benzene rings is 1. The van der Waals surface area contributed by atoms with Crippen molar-refractivity contribution in [3.8, 4) is 0 Å². The lowest BCUT2D eigenvalue weighted by Gasteiger charge is -2.09. The average Bonchev–Trinajstić information content (AvgIpc) is 2.38. The molecule has 1 aromatic heterocycles. The SMILES string of the molecule is O=C([O-])c1cccnc1SCc1ccccc1Cl. The molecule has 0 atom stereocenters. The van der Waals surface area contributed by atoms with E-state index in [1.54, 1.807) is 18.3 Å². The normalized spacial score (nSPS) is 10.3. The Bertz CT molecular complexity index is 574. The average molecular weight is 279 g/mol. The number of thioether (sulfide) groups is 1. The first-order chi connectivity index (χ1) is 8.68. The molecular weight excluding hydrogens is 270 g/mol. The third-order valence-corrected chi connectivity index (χ3v) is 3.74. The largest absolute Gasteiger partial charge is 0.545 e. The van der Waals surface area contributed by atoms with Crippen molar-refractivity contribution in [2.45, 2.75) is 10.8 Å². The van der Waals surface area contributed by atoms with Gasteiger partial charge in [-0.2, -0.15) is 0 Å². The summed E-state index contributed by atoms with van der Waals surface area (Å²) in [5, 5.41) is 12.0. The van der Waals surface area contributed by atoms with Gasteiger partial charge < -0.3 is 9.90 Å². The number of halogens is 1. The maximum atomic E-state index is 10.9. The molecule has 0 aliphatic carbocycles. The van der Waals surface area contributed by atoms with E-state index in [1.807, 2.05) is 18.2 Å². The summed E-state index contributed by atoms with van der Waals surface area (Å²) in [5.74, 6) is -0.651. The lowest BCUT2D eigenvalue weighted by Crippen LogP contribution is -2.23. The van der Waals surface area contributed by atoms with Crippen LogP contribution in [0.25, 0.3) is 0 Å². The Morgan fingerprint density at radius 1 is 1.28 bits per heavy atom. The monoisotopic (exact) mass is 278 g/mol. The number of pyridine rings is 1. The topological polar surface area (TPSA) is 53.0 Å². The first kappa shape index (κ1) is 12.9. The van der Waals surface area contributed by atoms with Gasteiger partial charge in [0.1, 0.15) is 5.03 Å². The van der Waals surface area contributed by atoms with Crippen molar-refractivity contribution in [1.82, 2.24) is 4.98 Å². The van der Waals surface area contributed by atoms with E-state index in [0.717, 1.165) is 5.56 Å². The molecule has 1 aromatic carbocycles. The summed E-state index contributed by atoms with van der Waals surface area (Å²) in [6.07, 6.45) is 1.56. The molecule has 92 valence electrons. The molecule has 0 spiro atoms. The molecule has 18 heavy (non-hydrogen) atoms. The first-order valence-electron chi connectivity index (χ1n) is 5.21. The predicted molar refractivity (Wildman–Crippen MR) is 69.6 cm³/mol. The zero-order valence-electron chi connectivity index (χ0n) is 9.30. The molecule has 0 saturated heterocycles. The molecule has 0 fully saturated rings. The van der Waals surface area contributed by atoms with Crippen LogP contribution in [0, 0.1) is 0 Å². The molecule has 3 nitrogen and oxygen atoms in total. The van der Waals surface area contributed by atoms with Gasteiger partial charge in [-0.05, 0) is 23.8 Å². The number of carboxylic acid groups (broad SMARTS) is 1. The van der Waals surface area contributed by atoms with Crippen molar-refractivity contribution in [3.63, 3.8) is 0 Å². The second-order valence-corrected chi connectivity index (χ2v) is 4.89. The third-order valence-electron chi connectivity index (χ3n) is 2.31. The van der Waals surface area contributed by atoms with E-state index in [1.165, 1.54) is 17.8 Å². The van der Waals surface area contributed by atoms with Crippen molar-refractivity contribution in [2.75, 3.05) is 0 Å². The summed E-state index contributed by atoms with van der Waals surface area (Å²) in [6.45, 7) is 0. The van der Waals surface area contributed by atoms with Crippen LogP contribution in [0.2, 0.25) is 5.02 Å². The number of nitrogens with zero attached hydrogens (tertiary/aromatic N) is 1. The van der Waals surface area contributed by atoms with Crippen molar-refractivity contribution in [3.05, 3.63) is 58.7 Å². The highest BCUT2D eigenvalue weighted by molar-refractivity contribution is 7.98. The Morgan fingerprint density at radius 2 is 2.06 bits per heavy atom. The van der Waals surface area contributed by atoms with Crippen molar-refractivity contribution < 1.29 is 9.90 Å². The van der Waals surface area contributed by atoms with Gasteiger partial charge in [0.15, 0.2) is 0 Å². The fourth-order valence-corrected chi connectivity index (χ4v) is 2.69. The van der Waals surface area contributed by atoms with Gasteiger partial charge in [-0.3, -0.25) is 0 Å². The van der Waals surface area contributed by atoms with Crippen LogP contribution < -0.4 is 5.11 Å². The van der Waals surface area contributed by atoms with Crippen LogP contribution >= 0.6 is 23.4 Å². The van der Waals surface area contributed by atoms with Gasteiger partial charge in [-0.1, -0.05) is 29.8 Å². The van der Waals surface area contributed by atoms with Crippen LogP contribution in [0.5, 0.6) is 0 Å². The van der Waals surface area contributed by atoms with Gasteiger partial charge in [-0.25, -0.2) is 4.98 Å². The van der Waals surface area contributed by atoms with Gasteiger partial charge >= 0.3 is 0 Å². The smallest absolute Gasteiger partial charge is 0.105 e. The summed E-state index contributed by atoms with van der Waals surface area (Å²) in [7, 11) is 0. The van der Waals surface area contributed by atoms with Crippen molar-refractivity contribution in [1.29, 1.82) is 0 Å². The van der Waals surface area contributed by atoms with E-state index in [-0.39, 0.29) is 5.56 Å². The molecular formula is C13H9ClNO2S-. The quantitative estimate of drug-likeness (QED) is 0.806. The van der Waals surface area contributed by atoms with Gasteiger partial charge in [0.25, 0.3) is 0 Å². The van der Waals surface area contributed by atoms with E-state index >= 15 is 0 Å². The Morgan fingerprint density at radius 3 is 2.78 bits per heavy atom. The summed E-state index contributed by atoms with van der Waals surface area (Å²) in [4.78, 5) is 15.0. The van der Waals surface area contributed by atoms with Crippen LogP contribution in [0.4, 0.5) is 0 Å². The van der Waals surface area contributed by atoms with E-state index in [9.17, 15) is 9.90 Å². The number of carbonyl (C=O) groups excluding carboxylic acids is 1. The van der Waals surface area contributed by atoms with E-state index in [4.69, 9.17) is 11.6 Å². The second-order valence-electron chi connectivity index (χ2n) is 3.52. The Balaban J connectivity index is 2.16. The molecule has 2 aromatic rings. The molecule has 0 amide bonds. The maximum Gasteiger partial charge on any atom is 0.105 e. The second kappa shape index (κ2) is 5.89. The Hall–Kier alpha value is -1.52. The first-order valence-corrected chi connectivity index (χ1v) is 6.57. The lowest BCUT2D eigenvalue weighted by molar-refractivity contribution is -0.255. The maximum absolute atomic E-state index is 10.9. The number of aromatic nitrogens is 1. The van der Waals surface area contributed by atoms with E-state index < -0.39 is 5.97 Å². The molecule has 1 heterocycles. The minimum Gasteiger partial charge on any atom is -0.545 e. The van der Waals surface area contributed by atoms with Crippen molar-refractivity contribution in [2.24, 2.45) is 0 Å². The van der Waals surface area contributed by atoms with Crippen molar-refractivity contribution >= 4 is 29.3 Å². The molecule has 0 radical (unpaired) electrons. The fourth-order valence-electron chi connectivity index (χ4n) is 1.42. The van der Waals surface area contributed by atoms with Crippen LogP contribution in [-0.2, 0) is 5.75 Å². The lowest BCUT2D eigenvalue weighted by atomic mass is 10.2. The Labute approximate surface area is 114 Å². The standard InChI is InChI=1S/C13H10ClNO2S/c14-11-6-2-1-4-9(11)8-18-12-10(13(16)17)5-3-7-15-12/h1-7H,8H2,(H,16,17)/p-1. The molecule has 2 rings (SSSR count). The molecule has 5 heteroatoms. The summed E-state index contributed by atoms with van der Waals surface area (Å²) in [6, 6.07) is 10.5. The molecule has 0 bridgehead atoms. The highest BCUT2D eigenvalue weighted by Gasteiger charge is 2.06. The number of hydrogen-bond acceptors (Lipinski definition) is 4. The van der Waals surface area contributed by atoms with Crippen LogP contribution in [-0.4, -0.2) is 11.0 Å². The number of carbonyl (C=O) groups is 1. The van der Waals surface area contributed by atoms with E-state index in [0.29, 0.717) is 15.8 Å². The van der Waals surface area contributed by atoms with Gasteiger partial charge in [-0.15, -0.1) is 11.8 Å². The molecule has 0 unspecified atom stereocenters. The molecule has 0 aliphatic rings. The summed E-state index contributed by atoms with van der Waals surface area (Å²) in [5.41, 5.74) is 1.05. The zero-order valence-corrected chi connectivity index (χ0v) is 10.9. The molecule has 0 saturated carbocycles. The van der Waals surface area contributed by atoms with Gasteiger partial charge in [0, 0.05) is 22.5 Å². The minimum atomic E-state index is -1.22. The van der Waals surface area contributed by atoms with E-state index in [2.05, 4.69) is 4.98 Å². The van der Waals surface area contributed by atoms with Gasteiger partial charge in [0.2, 0.25) is 0 Å². The van der Waals surface area contributed by atoms with Crippen LogP contribution in [0.15, 0.2) is 47.6 Å². The summed E-state index contributed by atoms with van der Waals surface area (Å²) >= 11 is 7.36. The number of hydrogen-bond donors (Lipinski definition) is 0. The minimum absolute atomic E-state index is 0.106. The van der Waals surface area contributed by atoms with Crippen LogP contribution in [0.1, 0.15) is 15.9 Å². The molecule has 0 N–H and O–H groups in total. The number of aromatic carboxylic acids is 1. The molecule has 0 aliphatic heterocycles. The summed E-state index contributed by atoms with van der Waals surface area (Å²) < 4.78 is 0. The highest BCUT2D eigenvalue weighted by Crippen LogP contribution is 2.27. The zero-order chi connectivity index (χ0) is 13.0. The highest BCUT2D eigenvalue weighted by atomic mass is 35.5.